The second-order valence-corrected chi connectivity index (χ2v) is 5.49. The van der Waals surface area contributed by atoms with Crippen LogP contribution in [0.15, 0.2) is 18.2 Å². The number of halogens is 1. The van der Waals surface area contributed by atoms with Crippen molar-refractivity contribution in [3.63, 3.8) is 0 Å². The van der Waals surface area contributed by atoms with E-state index in [2.05, 4.69) is 16.0 Å². The third-order valence-electron chi connectivity index (χ3n) is 2.85. The maximum absolute atomic E-state index is 13.8. The molecule has 3 N–H and O–H groups in total. The quantitative estimate of drug-likeness (QED) is 0.597. The Hall–Kier alpha value is -2.35. The SMILES string of the molecule is COCCOc1ccc(NC(=O)NCC(=O)NCC(C)C)cc1F. The second-order valence-electron chi connectivity index (χ2n) is 5.49. The summed E-state index contributed by atoms with van der Waals surface area (Å²) in [5.41, 5.74) is 0.256. The Labute approximate surface area is 140 Å². The number of amides is 3. The summed E-state index contributed by atoms with van der Waals surface area (Å²) in [6.07, 6.45) is 0. The number of nitrogens with one attached hydrogen (secondary N) is 3. The number of anilines is 1. The van der Waals surface area contributed by atoms with Crippen molar-refractivity contribution < 1.29 is 23.5 Å². The Bertz CT molecular complexity index is 552. The number of urea groups is 1. The maximum Gasteiger partial charge on any atom is 0.319 e. The van der Waals surface area contributed by atoms with E-state index in [9.17, 15) is 14.0 Å². The average Bonchev–Trinajstić information content (AvgIpc) is 2.53. The van der Waals surface area contributed by atoms with Crippen LogP contribution in [-0.2, 0) is 9.53 Å². The summed E-state index contributed by atoms with van der Waals surface area (Å²) in [5, 5.41) is 7.52. The summed E-state index contributed by atoms with van der Waals surface area (Å²) in [5.74, 6) is -0.480. The zero-order valence-electron chi connectivity index (χ0n) is 14.1. The molecule has 8 heteroatoms. The van der Waals surface area contributed by atoms with Crippen molar-refractivity contribution in [3.8, 4) is 5.75 Å². The van der Waals surface area contributed by atoms with Crippen LogP contribution in [0.2, 0.25) is 0 Å². The van der Waals surface area contributed by atoms with Crippen molar-refractivity contribution in [3.05, 3.63) is 24.0 Å². The zero-order chi connectivity index (χ0) is 17.9. The van der Waals surface area contributed by atoms with Crippen LogP contribution in [-0.4, -0.2) is 45.4 Å². The fraction of sp³-hybridized carbons (Fsp3) is 0.500. The molecule has 1 rings (SSSR count). The number of hydrogen-bond donors (Lipinski definition) is 3. The Morgan fingerprint density at radius 3 is 2.58 bits per heavy atom. The predicted molar refractivity (Wildman–Crippen MR) is 88.6 cm³/mol. The van der Waals surface area contributed by atoms with Crippen LogP contribution in [0.5, 0.6) is 5.75 Å². The average molecular weight is 341 g/mol. The minimum Gasteiger partial charge on any atom is -0.488 e. The highest BCUT2D eigenvalue weighted by molar-refractivity contribution is 5.92. The summed E-state index contributed by atoms with van der Waals surface area (Å²) in [4.78, 5) is 23.2. The lowest BCUT2D eigenvalue weighted by Crippen LogP contribution is -2.40. The summed E-state index contributed by atoms with van der Waals surface area (Å²) in [7, 11) is 1.52. The molecule has 0 unspecified atom stereocenters. The van der Waals surface area contributed by atoms with Gasteiger partial charge in [-0.2, -0.15) is 0 Å². The summed E-state index contributed by atoms with van der Waals surface area (Å²) in [6, 6.07) is 3.46. The van der Waals surface area contributed by atoms with Crippen LogP contribution in [0, 0.1) is 11.7 Å². The minimum absolute atomic E-state index is 0.0751. The first kappa shape index (κ1) is 19.7. The van der Waals surface area contributed by atoms with Gasteiger partial charge in [-0.1, -0.05) is 13.8 Å². The van der Waals surface area contributed by atoms with Gasteiger partial charge in [0.15, 0.2) is 11.6 Å². The lowest BCUT2D eigenvalue weighted by atomic mass is 10.2. The Morgan fingerprint density at radius 1 is 1.21 bits per heavy atom. The normalized spacial score (nSPS) is 10.4. The van der Waals surface area contributed by atoms with Crippen molar-refractivity contribution >= 4 is 17.6 Å². The molecule has 3 amide bonds. The van der Waals surface area contributed by atoms with Gasteiger partial charge in [0.25, 0.3) is 0 Å². The molecule has 0 saturated carbocycles. The molecular formula is C16H24FN3O4. The number of carbonyl (C=O) groups is 2. The van der Waals surface area contributed by atoms with E-state index in [1.165, 1.54) is 19.2 Å². The molecule has 0 radical (unpaired) electrons. The number of benzene rings is 1. The molecule has 7 nitrogen and oxygen atoms in total. The largest absolute Gasteiger partial charge is 0.488 e. The molecule has 0 aliphatic heterocycles. The fourth-order valence-electron chi connectivity index (χ4n) is 1.65. The van der Waals surface area contributed by atoms with Gasteiger partial charge in [-0.05, 0) is 18.1 Å². The van der Waals surface area contributed by atoms with Gasteiger partial charge in [0.05, 0.1) is 13.2 Å². The van der Waals surface area contributed by atoms with Crippen molar-refractivity contribution in [2.24, 2.45) is 5.92 Å². The molecule has 0 saturated heterocycles. The highest BCUT2D eigenvalue weighted by atomic mass is 19.1. The van der Waals surface area contributed by atoms with E-state index in [0.717, 1.165) is 6.07 Å². The van der Waals surface area contributed by atoms with E-state index in [1.54, 1.807) is 0 Å². The van der Waals surface area contributed by atoms with E-state index in [1.807, 2.05) is 13.8 Å². The van der Waals surface area contributed by atoms with Gasteiger partial charge in [-0.3, -0.25) is 4.79 Å². The second kappa shape index (κ2) is 10.4. The molecule has 0 aliphatic carbocycles. The van der Waals surface area contributed by atoms with Gasteiger partial charge in [0.1, 0.15) is 6.61 Å². The zero-order valence-corrected chi connectivity index (χ0v) is 14.1. The Balaban J connectivity index is 2.41. The fourth-order valence-corrected chi connectivity index (χ4v) is 1.65. The molecule has 0 fully saturated rings. The third-order valence-corrected chi connectivity index (χ3v) is 2.85. The first-order valence-electron chi connectivity index (χ1n) is 7.65. The molecule has 0 atom stereocenters. The molecule has 1 aromatic rings. The lowest BCUT2D eigenvalue weighted by molar-refractivity contribution is -0.120. The number of hydrogen-bond acceptors (Lipinski definition) is 4. The van der Waals surface area contributed by atoms with Crippen molar-refractivity contribution in [1.82, 2.24) is 10.6 Å². The van der Waals surface area contributed by atoms with Crippen LogP contribution in [0.1, 0.15) is 13.8 Å². The first-order chi connectivity index (χ1) is 11.4. The minimum atomic E-state index is -0.599. The van der Waals surface area contributed by atoms with Crippen LogP contribution in [0.4, 0.5) is 14.9 Å². The molecule has 0 bridgehead atoms. The third kappa shape index (κ3) is 7.77. The Kier molecular flexibility index (Phi) is 8.56. The van der Waals surface area contributed by atoms with Crippen molar-refractivity contribution in [2.75, 3.05) is 38.7 Å². The molecule has 1 aromatic carbocycles. The molecule has 0 heterocycles. The van der Waals surface area contributed by atoms with Gasteiger partial charge in [-0.15, -0.1) is 0 Å². The molecular weight excluding hydrogens is 317 g/mol. The van der Waals surface area contributed by atoms with E-state index >= 15 is 0 Å². The van der Waals surface area contributed by atoms with Gasteiger partial charge >= 0.3 is 6.03 Å². The van der Waals surface area contributed by atoms with Gasteiger partial charge in [0, 0.05) is 25.4 Å². The highest BCUT2D eigenvalue weighted by Gasteiger charge is 2.09. The Morgan fingerprint density at radius 2 is 1.96 bits per heavy atom. The molecule has 24 heavy (non-hydrogen) atoms. The van der Waals surface area contributed by atoms with Crippen molar-refractivity contribution in [1.29, 1.82) is 0 Å². The monoisotopic (exact) mass is 341 g/mol. The van der Waals surface area contributed by atoms with Crippen LogP contribution < -0.4 is 20.7 Å². The number of carbonyl (C=O) groups excluding carboxylic acids is 2. The lowest BCUT2D eigenvalue weighted by Gasteiger charge is -2.11. The standard InChI is InChI=1S/C16H24FN3O4/c1-11(2)9-18-15(21)10-19-16(22)20-12-4-5-14(13(17)8-12)24-7-6-23-3/h4-5,8,11H,6-7,9-10H2,1-3H3,(H,18,21)(H2,19,20,22). The van der Waals surface area contributed by atoms with Crippen LogP contribution in [0.25, 0.3) is 0 Å². The first-order valence-corrected chi connectivity index (χ1v) is 7.65. The molecule has 134 valence electrons. The number of rotatable bonds is 9. The van der Waals surface area contributed by atoms with E-state index < -0.39 is 11.8 Å². The maximum atomic E-state index is 13.8. The highest BCUT2D eigenvalue weighted by Crippen LogP contribution is 2.21. The number of ether oxygens (including phenoxy) is 2. The van der Waals surface area contributed by atoms with Gasteiger partial charge in [-0.25, -0.2) is 9.18 Å². The summed E-state index contributed by atoms with van der Waals surface area (Å²) < 4.78 is 23.8. The van der Waals surface area contributed by atoms with E-state index in [-0.39, 0.29) is 30.5 Å². The van der Waals surface area contributed by atoms with E-state index in [0.29, 0.717) is 19.1 Å². The van der Waals surface area contributed by atoms with Gasteiger partial charge < -0.3 is 25.4 Å². The molecule has 0 aliphatic rings. The predicted octanol–water partition coefficient (Wildman–Crippen LogP) is 1.74. The van der Waals surface area contributed by atoms with Crippen LogP contribution in [0.3, 0.4) is 0 Å². The summed E-state index contributed by atoms with van der Waals surface area (Å²) in [6.45, 7) is 4.90. The smallest absolute Gasteiger partial charge is 0.319 e. The van der Waals surface area contributed by atoms with Crippen molar-refractivity contribution in [2.45, 2.75) is 13.8 Å². The molecule has 0 spiro atoms. The van der Waals surface area contributed by atoms with Crippen LogP contribution >= 0.6 is 0 Å². The summed E-state index contributed by atoms with van der Waals surface area (Å²) >= 11 is 0. The molecule has 0 aromatic heterocycles. The van der Waals surface area contributed by atoms with Gasteiger partial charge in [0.2, 0.25) is 5.91 Å². The topological polar surface area (TPSA) is 88.7 Å². The number of methoxy groups -OCH3 is 1. The van der Waals surface area contributed by atoms with E-state index in [4.69, 9.17) is 9.47 Å².